The smallest absolute Gasteiger partial charge is 0.194 e. The molecule has 0 amide bonds. The van der Waals surface area contributed by atoms with Crippen molar-refractivity contribution in [3.05, 3.63) is 34.0 Å². The maximum atomic E-state index is 5.42. The summed E-state index contributed by atoms with van der Waals surface area (Å²) in [6, 6.07) is 4.29. The van der Waals surface area contributed by atoms with Crippen LogP contribution in [-0.2, 0) is 24.8 Å². The summed E-state index contributed by atoms with van der Waals surface area (Å²) in [5, 5.41) is 14.0. The first-order chi connectivity index (χ1) is 14.1. The fourth-order valence-electron chi connectivity index (χ4n) is 3.21. The van der Waals surface area contributed by atoms with Crippen LogP contribution in [0.3, 0.4) is 0 Å². The summed E-state index contributed by atoms with van der Waals surface area (Å²) in [6.45, 7) is 9.16. The quantitative estimate of drug-likeness (QED) is 0.378. The normalized spacial score (nSPS) is 15.6. The van der Waals surface area contributed by atoms with Gasteiger partial charge in [0.05, 0.1) is 13.2 Å². The molecule has 2 aromatic heterocycles. The van der Waals surface area contributed by atoms with Crippen molar-refractivity contribution in [3.8, 4) is 0 Å². The highest BCUT2D eigenvalue weighted by Gasteiger charge is 2.12. The summed E-state index contributed by atoms with van der Waals surface area (Å²) in [5.74, 6) is 2.70. The molecular weight excluding hydrogens is 386 g/mol. The Labute approximate surface area is 177 Å². The molecule has 29 heavy (non-hydrogen) atoms. The second kappa shape index (κ2) is 11.3. The minimum Gasteiger partial charge on any atom is -0.379 e. The molecular formula is C20H33N7OS. The summed E-state index contributed by atoms with van der Waals surface area (Å²) < 4.78 is 7.41. The summed E-state index contributed by atoms with van der Waals surface area (Å²) in [4.78, 5) is 10.9. The molecule has 1 aliphatic rings. The molecule has 0 saturated carbocycles. The molecule has 3 heterocycles. The van der Waals surface area contributed by atoms with Crippen LogP contribution < -0.4 is 5.32 Å². The van der Waals surface area contributed by atoms with Gasteiger partial charge in [-0.15, -0.1) is 21.5 Å². The van der Waals surface area contributed by atoms with E-state index in [1.54, 1.807) is 11.3 Å². The van der Waals surface area contributed by atoms with Crippen molar-refractivity contribution in [1.82, 2.24) is 29.9 Å². The van der Waals surface area contributed by atoms with E-state index in [0.29, 0.717) is 6.54 Å². The Morgan fingerprint density at radius 3 is 2.86 bits per heavy atom. The van der Waals surface area contributed by atoms with Gasteiger partial charge in [0.2, 0.25) is 0 Å². The van der Waals surface area contributed by atoms with Crippen LogP contribution in [0.25, 0.3) is 0 Å². The highest BCUT2D eigenvalue weighted by molar-refractivity contribution is 7.09. The maximum absolute atomic E-state index is 5.42. The van der Waals surface area contributed by atoms with Gasteiger partial charge in [-0.25, -0.2) is 4.99 Å². The number of aromatic nitrogens is 3. The van der Waals surface area contributed by atoms with E-state index >= 15 is 0 Å². The first kappa shape index (κ1) is 21.7. The Balaban J connectivity index is 1.53. The number of nitrogens with zero attached hydrogens (tertiary/aromatic N) is 6. The van der Waals surface area contributed by atoms with Gasteiger partial charge in [0.25, 0.3) is 0 Å². The van der Waals surface area contributed by atoms with Gasteiger partial charge in [-0.05, 0) is 37.8 Å². The molecule has 8 nitrogen and oxygen atoms in total. The van der Waals surface area contributed by atoms with Gasteiger partial charge in [-0.2, -0.15) is 0 Å². The third kappa shape index (κ3) is 6.80. The molecule has 1 fully saturated rings. The van der Waals surface area contributed by atoms with Crippen molar-refractivity contribution in [3.63, 3.8) is 0 Å². The van der Waals surface area contributed by atoms with E-state index in [-0.39, 0.29) is 0 Å². The summed E-state index contributed by atoms with van der Waals surface area (Å²) in [5.41, 5.74) is 0. The number of aliphatic imine (C=N–C) groups is 1. The van der Waals surface area contributed by atoms with E-state index in [0.717, 1.165) is 76.4 Å². The fourth-order valence-corrected chi connectivity index (χ4v) is 3.91. The van der Waals surface area contributed by atoms with E-state index in [1.807, 2.05) is 18.5 Å². The zero-order chi connectivity index (χ0) is 20.5. The first-order valence-electron chi connectivity index (χ1n) is 10.3. The number of morpholine rings is 1. The number of rotatable bonds is 9. The lowest BCUT2D eigenvalue weighted by Crippen LogP contribution is -2.42. The Hall–Kier alpha value is -1.97. The number of guanidine groups is 1. The largest absolute Gasteiger partial charge is 0.379 e. The van der Waals surface area contributed by atoms with Gasteiger partial charge in [0.1, 0.15) is 12.4 Å². The minimum absolute atomic E-state index is 0.520. The zero-order valence-electron chi connectivity index (χ0n) is 17.8. The third-order valence-electron chi connectivity index (χ3n) is 5.23. The number of hydrogen-bond donors (Lipinski definition) is 1. The fraction of sp³-hybridized carbons (Fsp3) is 0.650. The molecule has 0 spiro atoms. The second-order valence-electron chi connectivity index (χ2n) is 7.35. The number of likely N-dealkylation sites (N-methyl/N-ethyl adjacent to an activating group) is 1. The lowest BCUT2D eigenvalue weighted by Gasteiger charge is -2.27. The highest BCUT2D eigenvalue weighted by atomic mass is 32.1. The van der Waals surface area contributed by atoms with Crippen LogP contribution in [0, 0.1) is 6.92 Å². The zero-order valence-corrected chi connectivity index (χ0v) is 18.6. The average molecular weight is 420 g/mol. The van der Waals surface area contributed by atoms with E-state index in [4.69, 9.17) is 9.73 Å². The molecule has 9 heteroatoms. The lowest BCUT2D eigenvalue weighted by atomic mass is 10.3. The van der Waals surface area contributed by atoms with E-state index in [1.165, 1.54) is 4.88 Å². The molecule has 0 bridgehead atoms. The van der Waals surface area contributed by atoms with Gasteiger partial charge in [0.15, 0.2) is 11.8 Å². The number of hydrogen-bond acceptors (Lipinski definition) is 6. The number of thiophene rings is 1. The van der Waals surface area contributed by atoms with Crippen LogP contribution in [0.4, 0.5) is 0 Å². The molecule has 3 rings (SSSR count). The summed E-state index contributed by atoms with van der Waals surface area (Å²) in [6.07, 6.45) is 2.10. The van der Waals surface area contributed by atoms with Crippen LogP contribution in [0.1, 0.15) is 22.9 Å². The van der Waals surface area contributed by atoms with Gasteiger partial charge in [0, 0.05) is 45.2 Å². The average Bonchev–Trinajstić information content (AvgIpc) is 3.37. The van der Waals surface area contributed by atoms with Crippen molar-refractivity contribution in [1.29, 1.82) is 0 Å². The van der Waals surface area contributed by atoms with E-state index < -0.39 is 0 Å². The topological polar surface area (TPSA) is 70.8 Å². The predicted octanol–water partition coefficient (Wildman–Crippen LogP) is 1.53. The van der Waals surface area contributed by atoms with E-state index in [2.05, 4.69) is 49.9 Å². The Bertz CT molecular complexity index is 753. The van der Waals surface area contributed by atoms with Crippen LogP contribution in [0.15, 0.2) is 22.5 Å². The SMILES string of the molecule is Cc1nnc(CN=C(NCCCN2CCOCC2)N(C)CCc2cccs2)n1C. The molecule has 1 aliphatic heterocycles. The molecule has 0 unspecified atom stereocenters. The number of ether oxygens (including phenoxy) is 1. The van der Waals surface area contributed by atoms with Crippen LogP contribution in [0.5, 0.6) is 0 Å². The third-order valence-corrected chi connectivity index (χ3v) is 6.16. The monoisotopic (exact) mass is 419 g/mol. The summed E-state index contributed by atoms with van der Waals surface area (Å²) in [7, 11) is 4.08. The molecule has 1 saturated heterocycles. The molecule has 1 N–H and O–H groups in total. The first-order valence-corrected chi connectivity index (χ1v) is 11.2. The number of nitrogens with one attached hydrogen (secondary N) is 1. The van der Waals surface area contributed by atoms with Gasteiger partial charge < -0.3 is 19.5 Å². The summed E-state index contributed by atoms with van der Waals surface area (Å²) >= 11 is 1.80. The van der Waals surface area contributed by atoms with Crippen molar-refractivity contribution in [2.45, 2.75) is 26.3 Å². The molecule has 0 atom stereocenters. The highest BCUT2D eigenvalue weighted by Crippen LogP contribution is 2.09. The van der Waals surface area contributed by atoms with Crippen molar-refractivity contribution in [2.75, 3.05) is 53.0 Å². The Kier molecular flexibility index (Phi) is 8.45. The van der Waals surface area contributed by atoms with Crippen molar-refractivity contribution in [2.24, 2.45) is 12.0 Å². The predicted molar refractivity (Wildman–Crippen MR) is 117 cm³/mol. The van der Waals surface area contributed by atoms with Gasteiger partial charge in [-0.1, -0.05) is 6.07 Å². The second-order valence-corrected chi connectivity index (χ2v) is 8.38. The van der Waals surface area contributed by atoms with E-state index in [9.17, 15) is 0 Å². The van der Waals surface area contributed by atoms with Crippen LogP contribution in [0.2, 0.25) is 0 Å². The van der Waals surface area contributed by atoms with Gasteiger partial charge in [-0.3, -0.25) is 4.90 Å². The van der Waals surface area contributed by atoms with Crippen LogP contribution in [-0.4, -0.2) is 83.5 Å². The lowest BCUT2D eigenvalue weighted by molar-refractivity contribution is 0.0375. The van der Waals surface area contributed by atoms with Gasteiger partial charge >= 0.3 is 0 Å². The minimum atomic E-state index is 0.520. The molecule has 0 aromatic carbocycles. The molecule has 2 aromatic rings. The maximum Gasteiger partial charge on any atom is 0.194 e. The standard InChI is InChI=1S/C20H33N7OS/c1-17-23-24-19(26(17)3)16-22-20(25(2)10-7-18-6-4-15-29-18)21-8-5-9-27-11-13-28-14-12-27/h4,6,15H,5,7-14,16H2,1-3H3,(H,21,22). The van der Waals surface area contributed by atoms with Crippen molar-refractivity contribution >= 4 is 17.3 Å². The molecule has 160 valence electrons. The Morgan fingerprint density at radius 2 is 2.17 bits per heavy atom. The number of aryl methyl sites for hydroxylation is 1. The van der Waals surface area contributed by atoms with Crippen LogP contribution >= 0.6 is 11.3 Å². The Morgan fingerprint density at radius 1 is 1.34 bits per heavy atom. The molecule has 0 radical (unpaired) electrons. The van der Waals surface area contributed by atoms with Crippen molar-refractivity contribution < 1.29 is 4.74 Å². The molecule has 0 aliphatic carbocycles.